The van der Waals surface area contributed by atoms with Crippen LogP contribution in [-0.2, 0) is 11.2 Å². The van der Waals surface area contributed by atoms with Gasteiger partial charge in [-0.25, -0.2) is 0 Å². The molecule has 144 valence electrons. The molecule has 6 heteroatoms. The highest BCUT2D eigenvalue weighted by atomic mass is 35.5. The number of fused-ring (bicyclic) bond motifs is 1. The SMILES string of the molecule is COc1ccc2c(c1)CC(C(=O)NC(c1ccc(Cl)cc1)c1cccs1)CO2. The first-order valence-electron chi connectivity index (χ1n) is 9.03. The van der Waals surface area contributed by atoms with Crippen LogP contribution in [-0.4, -0.2) is 19.6 Å². The van der Waals surface area contributed by atoms with E-state index in [0.29, 0.717) is 18.1 Å². The fourth-order valence-electron chi connectivity index (χ4n) is 3.36. The fourth-order valence-corrected chi connectivity index (χ4v) is 4.28. The molecule has 1 N–H and O–H groups in total. The molecular formula is C22H20ClNO3S. The summed E-state index contributed by atoms with van der Waals surface area (Å²) >= 11 is 7.65. The number of rotatable bonds is 5. The van der Waals surface area contributed by atoms with Crippen LogP contribution >= 0.6 is 22.9 Å². The number of amides is 1. The highest BCUT2D eigenvalue weighted by molar-refractivity contribution is 7.10. The van der Waals surface area contributed by atoms with Crippen LogP contribution in [0.15, 0.2) is 60.0 Å². The number of carbonyl (C=O) groups is 1. The van der Waals surface area contributed by atoms with Crippen molar-refractivity contribution in [2.45, 2.75) is 12.5 Å². The molecule has 3 aromatic rings. The summed E-state index contributed by atoms with van der Waals surface area (Å²) in [5, 5.41) is 5.88. The van der Waals surface area contributed by atoms with Crippen molar-refractivity contribution in [2.75, 3.05) is 13.7 Å². The van der Waals surface area contributed by atoms with Gasteiger partial charge in [0.2, 0.25) is 5.91 Å². The Morgan fingerprint density at radius 3 is 2.79 bits per heavy atom. The molecule has 1 aliphatic heterocycles. The smallest absolute Gasteiger partial charge is 0.227 e. The molecule has 0 saturated heterocycles. The van der Waals surface area contributed by atoms with Gasteiger partial charge in [0.15, 0.2) is 0 Å². The van der Waals surface area contributed by atoms with Crippen LogP contribution in [0.5, 0.6) is 11.5 Å². The lowest BCUT2D eigenvalue weighted by Gasteiger charge is -2.27. The standard InChI is InChI=1S/C22H20ClNO3S/c1-26-18-8-9-19-15(12-18)11-16(13-27-19)22(25)24-21(20-3-2-10-28-20)14-4-6-17(23)7-5-14/h2-10,12,16,21H,11,13H2,1H3,(H,24,25). The molecule has 1 aliphatic rings. The minimum Gasteiger partial charge on any atom is -0.497 e. The summed E-state index contributed by atoms with van der Waals surface area (Å²) < 4.78 is 11.1. The van der Waals surface area contributed by atoms with Crippen molar-refractivity contribution in [1.29, 1.82) is 0 Å². The van der Waals surface area contributed by atoms with Crippen molar-refractivity contribution < 1.29 is 14.3 Å². The first-order chi connectivity index (χ1) is 13.6. The highest BCUT2D eigenvalue weighted by Gasteiger charge is 2.29. The Kier molecular flexibility index (Phi) is 5.55. The van der Waals surface area contributed by atoms with E-state index in [2.05, 4.69) is 5.32 Å². The van der Waals surface area contributed by atoms with E-state index in [1.165, 1.54) is 0 Å². The summed E-state index contributed by atoms with van der Waals surface area (Å²) in [6.07, 6.45) is 0.621. The van der Waals surface area contributed by atoms with Gasteiger partial charge in [-0.3, -0.25) is 4.79 Å². The van der Waals surface area contributed by atoms with Crippen LogP contribution in [0.3, 0.4) is 0 Å². The lowest BCUT2D eigenvalue weighted by Crippen LogP contribution is -2.39. The molecule has 4 nitrogen and oxygen atoms in total. The zero-order valence-electron chi connectivity index (χ0n) is 15.4. The number of hydrogen-bond donors (Lipinski definition) is 1. The van der Waals surface area contributed by atoms with Crippen LogP contribution in [0.2, 0.25) is 5.02 Å². The van der Waals surface area contributed by atoms with Crippen molar-refractivity contribution in [2.24, 2.45) is 5.92 Å². The summed E-state index contributed by atoms with van der Waals surface area (Å²) in [5.41, 5.74) is 1.99. The van der Waals surface area contributed by atoms with Crippen molar-refractivity contribution in [1.82, 2.24) is 5.32 Å². The molecule has 0 saturated carbocycles. The lowest BCUT2D eigenvalue weighted by atomic mass is 9.95. The predicted octanol–water partition coefficient (Wildman–Crippen LogP) is 4.87. The topological polar surface area (TPSA) is 47.6 Å². The van der Waals surface area contributed by atoms with Crippen LogP contribution in [0.4, 0.5) is 0 Å². The van der Waals surface area contributed by atoms with E-state index >= 15 is 0 Å². The van der Waals surface area contributed by atoms with E-state index in [0.717, 1.165) is 27.5 Å². The molecule has 0 bridgehead atoms. The number of halogens is 1. The fraction of sp³-hybridized carbons (Fsp3) is 0.227. The number of carbonyl (C=O) groups excluding carboxylic acids is 1. The minimum atomic E-state index is -0.255. The molecular weight excluding hydrogens is 394 g/mol. The molecule has 1 amide bonds. The number of hydrogen-bond acceptors (Lipinski definition) is 4. The van der Waals surface area contributed by atoms with Crippen LogP contribution < -0.4 is 14.8 Å². The Bertz CT molecular complexity index is 956. The summed E-state index contributed by atoms with van der Waals surface area (Å²) in [6, 6.07) is 17.1. The van der Waals surface area contributed by atoms with Crippen LogP contribution in [0.25, 0.3) is 0 Å². The van der Waals surface area contributed by atoms with Crippen LogP contribution in [0.1, 0.15) is 22.0 Å². The number of benzene rings is 2. The van der Waals surface area contributed by atoms with Gasteiger partial charge in [0.1, 0.15) is 18.1 Å². The van der Waals surface area contributed by atoms with Gasteiger partial charge < -0.3 is 14.8 Å². The third-order valence-corrected chi connectivity index (χ3v) is 6.05. The van der Waals surface area contributed by atoms with Gasteiger partial charge in [0, 0.05) is 9.90 Å². The second kappa shape index (κ2) is 8.25. The van der Waals surface area contributed by atoms with Crippen LogP contribution in [0, 0.1) is 5.92 Å². The maximum absolute atomic E-state index is 13.1. The zero-order chi connectivity index (χ0) is 19.5. The lowest BCUT2D eigenvalue weighted by molar-refractivity contribution is -0.126. The normalized spacial score (nSPS) is 16.6. The molecule has 2 unspecified atom stereocenters. The Morgan fingerprint density at radius 2 is 2.07 bits per heavy atom. The van der Waals surface area contributed by atoms with Gasteiger partial charge in [-0.2, -0.15) is 0 Å². The Balaban J connectivity index is 1.54. The highest BCUT2D eigenvalue weighted by Crippen LogP contribution is 2.32. The van der Waals surface area contributed by atoms with Crippen molar-refractivity contribution in [3.05, 3.63) is 81.0 Å². The van der Waals surface area contributed by atoms with Gasteiger partial charge in [0.25, 0.3) is 0 Å². The first-order valence-corrected chi connectivity index (χ1v) is 10.3. The minimum absolute atomic E-state index is 0.0261. The molecule has 0 fully saturated rings. The molecule has 2 aromatic carbocycles. The quantitative estimate of drug-likeness (QED) is 0.649. The number of nitrogens with one attached hydrogen (secondary N) is 1. The molecule has 28 heavy (non-hydrogen) atoms. The van der Waals surface area contributed by atoms with Gasteiger partial charge in [-0.05, 0) is 59.3 Å². The molecule has 2 heterocycles. The Hall–Kier alpha value is -2.50. The monoisotopic (exact) mass is 413 g/mol. The molecule has 2 atom stereocenters. The summed E-state index contributed by atoms with van der Waals surface area (Å²) in [7, 11) is 1.63. The molecule has 0 radical (unpaired) electrons. The van der Waals surface area contributed by atoms with Gasteiger partial charge in [-0.15, -0.1) is 11.3 Å². The average Bonchev–Trinajstić information content (AvgIpc) is 3.26. The van der Waals surface area contributed by atoms with Gasteiger partial charge >= 0.3 is 0 Å². The van der Waals surface area contributed by atoms with Crippen molar-refractivity contribution in [3.63, 3.8) is 0 Å². The van der Waals surface area contributed by atoms with E-state index in [1.54, 1.807) is 18.4 Å². The summed E-state index contributed by atoms with van der Waals surface area (Å²) in [6.45, 7) is 0.364. The van der Waals surface area contributed by atoms with E-state index in [9.17, 15) is 4.79 Å². The van der Waals surface area contributed by atoms with Gasteiger partial charge in [0.05, 0.1) is 19.1 Å². The summed E-state index contributed by atoms with van der Waals surface area (Å²) in [4.78, 5) is 14.1. The third-order valence-electron chi connectivity index (χ3n) is 4.86. The predicted molar refractivity (Wildman–Crippen MR) is 111 cm³/mol. The third kappa shape index (κ3) is 4.01. The Labute approximate surface area is 173 Å². The second-order valence-electron chi connectivity index (χ2n) is 6.69. The maximum atomic E-state index is 13.1. The number of methoxy groups -OCH3 is 1. The van der Waals surface area contributed by atoms with Gasteiger partial charge in [-0.1, -0.05) is 29.8 Å². The van der Waals surface area contributed by atoms with E-state index < -0.39 is 0 Å². The summed E-state index contributed by atoms with van der Waals surface area (Å²) in [5.74, 6) is 1.30. The van der Waals surface area contributed by atoms with E-state index in [4.69, 9.17) is 21.1 Å². The second-order valence-corrected chi connectivity index (χ2v) is 8.11. The van der Waals surface area contributed by atoms with Crippen molar-refractivity contribution >= 4 is 28.8 Å². The zero-order valence-corrected chi connectivity index (χ0v) is 16.9. The number of thiophene rings is 1. The number of ether oxygens (including phenoxy) is 2. The first kappa shape index (κ1) is 18.8. The molecule has 0 aliphatic carbocycles. The molecule has 0 spiro atoms. The van der Waals surface area contributed by atoms with E-state index in [1.807, 2.05) is 60.0 Å². The maximum Gasteiger partial charge on any atom is 0.227 e. The Morgan fingerprint density at radius 1 is 1.25 bits per heavy atom. The average molecular weight is 414 g/mol. The molecule has 4 rings (SSSR count). The molecule has 1 aromatic heterocycles. The largest absolute Gasteiger partial charge is 0.497 e. The van der Waals surface area contributed by atoms with Crippen molar-refractivity contribution in [3.8, 4) is 11.5 Å². The van der Waals surface area contributed by atoms with E-state index in [-0.39, 0.29) is 17.9 Å².